The Bertz CT molecular complexity index is 636. The minimum absolute atomic E-state index is 0.0156. The molecule has 0 aromatic carbocycles. The van der Waals surface area contributed by atoms with Crippen LogP contribution < -0.4 is 0 Å². The zero-order chi connectivity index (χ0) is 24.6. The maximum atomic E-state index is 12.9. The Morgan fingerprint density at radius 2 is 1.74 bits per heavy atom. The zero-order valence-electron chi connectivity index (χ0n) is 20.6. The van der Waals surface area contributed by atoms with E-state index >= 15 is 0 Å². The lowest BCUT2D eigenvalue weighted by Crippen LogP contribution is -2.46. The molecule has 2 N–H and O–H groups in total. The number of halogens is 1. The first kappa shape index (κ1) is 30.5. The highest BCUT2D eigenvalue weighted by Gasteiger charge is 2.40. The van der Waals surface area contributed by atoms with Crippen molar-refractivity contribution in [3.05, 3.63) is 35.0 Å². The van der Waals surface area contributed by atoms with E-state index in [1.165, 1.54) is 6.08 Å². The van der Waals surface area contributed by atoms with Crippen molar-refractivity contribution >= 4 is 36.9 Å². The molecule has 7 heteroatoms. The molecular formula is C24H43IO5Si. The van der Waals surface area contributed by atoms with Crippen LogP contribution in [0.1, 0.15) is 60.8 Å². The minimum atomic E-state index is -2.16. The third-order valence-electron chi connectivity index (χ3n) is 6.22. The van der Waals surface area contributed by atoms with Gasteiger partial charge in [0.05, 0.1) is 18.1 Å². The molecule has 31 heavy (non-hydrogen) atoms. The van der Waals surface area contributed by atoms with Gasteiger partial charge in [-0.15, -0.1) is 13.2 Å². The highest BCUT2D eigenvalue weighted by molar-refractivity contribution is 14.1. The molecule has 5 atom stereocenters. The number of rotatable bonds is 13. The molecule has 0 aliphatic rings. The summed E-state index contributed by atoms with van der Waals surface area (Å²) in [5.74, 6) is -0.359. The van der Waals surface area contributed by atoms with Gasteiger partial charge in [0.15, 0.2) is 8.32 Å². The third-order valence-corrected chi connectivity index (χ3v) is 11.7. The summed E-state index contributed by atoms with van der Waals surface area (Å²) in [6.45, 7) is 23.5. The molecule has 0 aromatic heterocycles. The van der Waals surface area contributed by atoms with Crippen LogP contribution in [0.5, 0.6) is 0 Å². The Morgan fingerprint density at radius 1 is 1.19 bits per heavy atom. The number of hydrogen-bond donors (Lipinski definition) is 2. The molecule has 0 aliphatic heterocycles. The van der Waals surface area contributed by atoms with Crippen molar-refractivity contribution in [3.8, 4) is 0 Å². The number of hydrogen-bond acceptors (Lipinski definition) is 5. The van der Waals surface area contributed by atoms with E-state index in [1.807, 2.05) is 17.9 Å². The molecule has 0 fully saturated rings. The van der Waals surface area contributed by atoms with Gasteiger partial charge in [0, 0.05) is 5.92 Å². The van der Waals surface area contributed by atoms with Crippen LogP contribution in [0.25, 0.3) is 0 Å². The van der Waals surface area contributed by atoms with Crippen molar-refractivity contribution < 1.29 is 24.2 Å². The van der Waals surface area contributed by atoms with Gasteiger partial charge in [-0.25, -0.2) is 0 Å². The molecular weight excluding hydrogens is 523 g/mol. The summed E-state index contributed by atoms with van der Waals surface area (Å²) in [4.78, 5) is 12.9. The van der Waals surface area contributed by atoms with E-state index in [4.69, 9.17) is 9.16 Å². The number of aliphatic hydroxyl groups is 2. The monoisotopic (exact) mass is 566 g/mol. The highest BCUT2D eigenvalue weighted by atomic mass is 127. The molecule has 0 rings (SSSR count). The van der Waals surface area contributed by atoms with E-state index in [1.54, 1.807) is 13.0 Å². The van der Waals surface area contributed by atoms with Gasteiger partial charge in [0.2, 0.25) is 0 Å². The Balaban J connectivity index is 5.56. The molecule has 180 valence electrons. The molecule has 0 saturated heterocycles. The second-order valence-corrected chi connectivity index (χ2v) is 15.5. The summed E-state index contributed by atoms with van der Waals surface area (Å²) >= 11 is 2.14. The van der Waals surface area contributed by atoms with Crippen molar-refractivity contribution in [1.29, 1.82) is 0 Å². The molecule has 0 heterocycles. The number of carbonyl (C=O) groups excluding carboxylic acids is 1. The van der Waals surface area contributed by atoms with Crippen LogP contribution in [0.3, 0.4) is 0 Å². The number of carbonyl (C=O) groups is 1. The number of esters is 1. The normalized spacial score (nSPS) is 19.0. The van der Waals surface area contributed by atoms with Crippen molar-refractivity contribution in [3.63, 3.8) is 0 Å². The Hall–Kier alpha value is -0.483. The first-order valence-electron chi connectivity index (χ1n) is 10.8. The second-order valence-electron chi connectivity index (χ2n) is 10.1. The minimum Gasteiger partial charge on any atom is -0.457 e. The van der Waals surface area contributed by atoms with Crippen LogP contribution in [0, 0.1) is 5.92 Å². The summed E-state index contributed by atoms with van der Waals surface area (Å²) in [7, 11) is -2.16. The van der Waals surface area contributed by atoms with Crippen LogP contribution in [0.2, 0.25) is 18.1 Å². The fraction of sp³-hybridized carbons (Fsp3) is 0.708. The van der Waals surface area contributed by atoms with Crippen molar-refractivity contribution in [1.82, 2.24) is 0 Å². The summed E-state index contributed by atoms with van der Waals surface area (Å²) in [6.07, 6.45) is 2.02. The Morgan fingerprint density at radius 3 is 2.16 bits per heavy atom. The van der Waals surface area contributed by atoms with Gasteiger partial charge in [-0.3, -0.25) is 4.79 Å². The predicted octanol–water partition coefficient (Wildman–Crippen LogP) is 5.92. The molecule has 0 unspecified atom stereocenters. The zero-order valence-corrected chi connectivity index (χ0v) is 23.7. The van der Waals surface area contributed by atoms with Crippen molar-refractivity contribution in [2.75, 3.05) is 0 Å². The van der Waals surface area contributed by atoms with Gasteiger partial charge in [0.1, 0.15) is 12.2 Å². The fourth-order valence-corrected chi connectivity index (χ4v) is 4.57. The molecule has 0 spiro atoms. The molecule has 5 nitrogen and oxygen atoms in total. The van der Waals surface area contributed by atoms with Gasteiger partial charge in [0.25, 0.3) is 0 Å². The van der Waals surface area contributed by atoms with Gasteiger partial charge < -0.3 is 19.4 Å². The van der Waals surface area contributed by atoms with Gasteiger partial charge in [-0.2, -0.15) is 0 Å². The van der Waals surface area contributed by atoms with Crippen molar-refractivity contribution in [2.24, 2.45) is 5.92 Å². The second kappa shape index (κ2) is 12.7. The maximum Gasteiger partial charge on any atom is 0.308 e. The Labute approximate surface area is 204 Å². The lowest BCUT2D eigenvalue weighted by molar-refractivity contribution is -0.151. The predicted molar refractivity (Wildman–Crippen MR) is 140 cm³/mol. The quantitative estimate of drug-likeness (QED) is 0.125. The summed E-state index contributed by atoms with van der Waals surface area (Å²) in [5, 5.41) is 20.6. The first-order valence-corrected chi connectivity index (χ1v) is 15.0. The molecule has 0 saturated carbocycles. The van der Waals surface area contributed by atoms with Gasteiger partial charge in [-0.05, 0) is 54.5 Å². The highest BCUT2D eigenvalue weighted by Crippen LogP contribution is 2.38. The van der Waals surface area contributed by atoms with Crippen LogP contribution in [0.15, 0.2) is 35.0 Å². The summed E-state index contributed by atoms with van der Waals surface area (Å²) in [6, 6.07) is 0. The Kier molecular flexibility index (Phi) is 12.5. The lowest BCUT2D eigenvalue weighted by atomic mass is 9.91. The molecule has 0 radical (unpaired) electrons. The summed E-state index contributed by atoms with van der Waals surface area (Å²) < 4.78 is 14.2. The van der Waals surface area contributed by atoms with E-state index in [9.17, 15) is 15.0 Å². The SMILES string of the molecule is C=C[C@H](C)[C@@H](OC(=O)C[C@H](CC[C@@](C)(O)[C@@H](O)C=C)O[Si](C)(C)C(C)(C)C)/C(C)=C/I. The van der Waals surface area contributed by atoms with Crippen LogP contribution >= 0.6 is 22.6 Å². The topological polar surface area (TPSA) is 76.0 Å². The van der Waals surface area contributed by atoms with Gasteiger partial charge >= 0.3 is 5.97 Å². The fourth-order valence-electron chi connectivity index (χ4n) is 2.83. The van der Waals surface area contributed by atoms with E-state index < -0.39 is 26.1 Å². The van der Waals surface area contributed by atoms with E-state index in [0.717, 1.165) is 5.57 Å². The van der Waals surface area contributed by atoms with E-state index in [0.29, 0.717) is 6.42 Å². The maximum absolute atomic E-state index is 12.9. The molecule has 0 amide bonds. The van der Waals surface area contributed by atoms with E-state index in [2.05, 4.69) is 69.6 Å². The van der Waals surface area contributed by atoms with E-state index in [-0.39, 0.29) is 35.9 Å². The van der Waals surface area contributed by atoms with Crippen LogP contribution in [-0.2, 0) is 14.0 Å². The average Bonchev–Trinajstić information content (AvgIpc) is 2.67. The smallest absolute Gasteiger partial charge is 0.308 e. The lowest BCUT2D eigenvalue weighted by Gasteiger charge is -2.40. The molecule has 0 aliphatic carbocycles. The standard InChI is InChI=1S/C24H43IO5Si/c1-11-17(3)22(18(4)16-25)29-21(27)15-19(30-31(9,10)23(5,6)7)13-14-24(8,28)20(26)12-2/h11-12,16-17,19-20,22,26,28H,1-2,13-15H2,3-10H3/b18-16+/t17-,19-,20-,22+,24+/m0/s1. The largest absolute Gasteiger partial charge is 0.457 e. The number of aliphatic hydroxyl groups excluding tert-OH is 1. The molecule has 0 aromatic rings. The average molecular weight is 567 g/mol. The number of ether oxygens (including phenoxy) is 1. The van der Waals surface area contributed by atoms with Crippen LogP contribution in [-0.4, -0.2) is 48.4 Å². The third kappa shape index (κ3) is 9.90. The van der Waals surface area contributed by atoms with Crippen molar-refractivity contribution in [2.45, 2.75) is 103 Å². The van der Waals surface area contributed by atoms with Gasteiger partial charge in [-0.1, -0.05) is 62.4 Å². The van der Waals surface area contributed by atoms with Crippen LogP contribution in [0.4, 0.5) is 0 Å². The summed E-state index contributed by atoms with van der Waals surface area (Å²) in [5.41, 5.74) is -0.388. The molecule has 0 bridgehead atoms. The first-order chi connectivity index (χ1) is 14.0.